The van der Waals surface area contributed by atoms with E-state index in [0.29, 0.717) is 5.76 Å². The van der Waals surface area contributed by atoms with Crippen molar-refractivity contribution in [1.82, 2.24) is 10.2 Å². The lowest BCUT2D eigenvalue weighted by Crippen LogP contribution is -2.57. The molecular weight excluding hydrogens is 216 g/mol. The van der Waals surface area contributed by atoms with E-state index in [4.69, 9.17) is 4.42 Å². The van der Waals surface area contributed by atoms with Gasteiger partial charge < -0.3 is 14.6 Å². The molecule has 1 N–H and O–H groups in total. The zero-order chi connectivity index (χ0) is 12.3. The maximum absolute atomic E-state index is 12.4. The predicted octanol–water partition coefficient (Wildman–Crippen LogP) is 1.88. The minimum Gasteiger partial charge on any atom is -0.459 e. The normalized spacial score (nSPS) is 24.9. The molecule has 1 amide bonds. The summed E-state index contributed by atoms with van der Waals surface area (Å²) in [6.07, 6.45) is 4.85. The summed E-state index contributed by atoms with van der Waals surface area (Å²) in [4.78, 5) is 14.3. The molecule has 0 bridgehead atoms. The Morgan fingerprint density at radius 3 is 3.06 bits per heavy atom. The first-order chi connectivity index (χ1) is 8.17. The van der Waals surface area contributed by atoms with Gasteiger partial charge in [0.2, 0.25) is 0 Å². The Labute approximate surface area is 102 Å². The van der Waals surface area contributed by atoms with Gasteiger partial charge in [-0.15, -0.1) is 0 Å². The second-order valence-electron chi connectivity index (χ2n) is 4.92. The number of likely N-dealkylation sites (tertiary alicyclic amines) is 1. The molecule has 0 aliphatic carbocycles. The number of furan rings is 1. The Hall–Kier alpha value is -1.29. The SMILES string of the molecule is CNCC1(C)CCCCN1C(=O)c1ccco1. The minimum atomic E-state index is -0.100. The van der Waals surface area contributed by atoms with Crippen molar-refractivity contribution in [2.24, 2.45) is 0 Å². The Morgan fingerprint density at radius 1 is 1.59 bits per heavy atom. The predicted molar refractivity (Wildman–Crippen MR) is 65.9 cm³/mol. The molecule has 2 heterocycles. The highest BCUT2D eigenvalue weighted by atomic mass is 16.3. The molecule has 4 nitrogen and oxygen atoms in total. The van der Waals surface area contributed by atoms with Crippen LogP contribution in [0.25, 0.3) is 0 Å². The molecule has 4 heteroatoms. The fourth-order valence-corrected chi connectivity index (χ4v) is 2.63. The number of carbonyl (C=O) groups excluding carboxylic acids is 1. The van der Waals surface area contributed by atoms with Crippen molar-refractivity contribution in [2.75, 3.05) is 20.1 Å². The van der Waals surface area contributed by atoms with E-state index in [-0.39, 0.29) is 11.4 Å². The topological polar surface area (TPSA) is 45.5 Å². The van der Waals surface area contributed by atoms with Gasteiger partial charge in [-0.25, -0.2) is 0 Å². The number of nitrogens with one attached hydrogen (secondary N) is 1. The number of likely N-dealkylation sites (N-methyl/N-ethyl adjacent to an activating group) is 1. The van der Waals surface area contributed by atoms with Crippen LogP contribution in [0.5, 0.6) is 0 Å². The van der Waals surface area contributed by atoms with E-state index in [0.717, 1.165) is 25.9 Å². The van der Waals surface area contributed by atoms with Gasteiger partial charge in [-0.1, -0.05) is 0 Å². The minimum absolute atomic E-state index is 0.00690. The highest BCUT2D eigenvalue weighted by Crippen LogP contribution is 2.28. The van der Waals surface area contributed by atoms with Crippen LogP contribution >= 0.6 is 0 Å². The summed E-state index contributed by atoms with van der Waals surface area (Å²) in [6, 6.07) is 3.49. The molecule has 1 aliphatic heterocycles. The van der Waals surface area contributed by atoms with Gasteiger partial charge in [-0.05, 0) is 45.4 Å². The van der Waals surface area contributed by atoms with Crippen LogP contribution in [-0.2, 0) is 0 Å². The summed E-state index contributed by atoms with van der Waals surface area (Å²) in [5.41, 5.74) is -0.100. The maximum atomic E-state index is 12.4. The zero-order valence-electron chi connectivity index (χ0n) is 10.5. The standard InChI is InChI=1S/C13H20N2O2/c1-13(10-14-2)7-3-4-8-15(13)12(16)11-6-5-9-17-11/h5-6,9,14H,3-4,7-8,10H2,1-2H3. The number of carbonyl (C=O) groups is 1. The van der Waals surface area contributed by atoms with Gasteiger partial charge in [0.05, 0.1) is 11.8 Å². The van der Waals surface area contributed by atoms with E-state index < -0.39 is 0 Å². The molecule has 1 atom stereocenters. The van der Waals surface area contributed by atoms with Crippen LogP contribution in [0.4, 0.5) is 0 Å². The highest BCUT2D eigenvalue weighted by molar-refractivity contribution is 5.92. The Kier molecular flexibility index (Phi) is 3.52. The number of nitrogens with zero attached hydrogens (tertiary/aromatic N) is 1. The molecule has 1 fully saturated rings. The molecule has 1 unspecified atom stereocenters. The summed E-state index contributed by atoms with van der Waals surface area (Å²) in [5, 5.41) is 3.18. The number of piperidine rings is 1. The average Bonchev–Trinajstić information content (AvgIpc) is 2.82. The van der Waals surface area contributed by atoms with Gasteiger partial charge in [-0.3, -0.25) is 4.79 Å². The van der Waals surface area contributed by atoms with Gasteiger partial charge in [0.15, 0.2) is 5.76 Å². The first-order valence-corrected chi connectivity index (χ1v) is 6.17. The van der Waals surface area contributed by atoms with E-state index in [9.17, 15) is 4.79 Å². The van der Waals surface area contributed by atoms with E-state index in [2.05, 4.69) is 12.2 Å². The molecule has 0 spiro atoms. The number of rotatable bonds is 3. The van der Waals surface area contributed by atoms with Crippen LogP contribution < -0.4 is 5.32 Å². The largest absolute Gasteiger partial charge is 0.459 e. The monoisotopic (exact) mass is 236 g/mol. The fourth-order valence-electron chi connectivity index (χ4n) is 2.63. The molecule has 0 saturated carbocycles. The van der Waals surface area contributed by atoms with Gasteiger partial charge in [0, 0.05) is 13.1 Å². The lowest BCUT2D eigenvalue weighted by Gasteiger charge is -2.44. The van der Waals surface area contributed by atoms with E-state index in [1.807, 2.05) is 11.9 Å². The fraction of sp³-hybridized carbons (Fsp3) is 0.615. The molecule has 1 aliphatic rings. The third-order valence-electron chi connectivity index (χ3n) is 3.53. The van der Waals surface area contributed by atoms with Gasteiger partial charge >= 0.3 is 0 Å². The molecular formula is C13H20N2O2. The first-order valence-electron chi connectivity index (χ1n) is 6.17. The molecule has 1 aromatic heterocycles. The van der Waals surface area contributed by atoms with E-state index >= 15 is 0 Å². The third-order valence-corrected chi connectivity index (χ3v) is 3.53. The Bertz CT molecular complexity index is 371. The van der Waals surface area contributed by atoms with Gasteiger partial charge in [-0.2, -0.15) is 0 Å². The van der Waals surface area contributed by atoms with Crippen molar-refractivity contribution < 1.29 is 9.21 Å². The summed E-state index contributed by atoms with van der Waals surface area (Å²) in [5.74, 6) is 0.446. The molecule has 17 heavy (non-hydrogen) atoms. The molecule has 1 aromatic rings. The summed E-state index contributed by atoms with van der Waals surface area (Å²) < 4.78 is 5.21. The van der Waals surface area contributed by atoms with Crippen LogP contribution in [0, 0.1) is 0 Å². The van der Waals surface area contributed by atoms with Crippen LogP contribution in [0.3, 0.4) is 0 Å². The highest BCUT2D eigenvalue weighted by Gasteiger charge is 2.37. The first kappa shape index (κ1) is 12.2. The Balaban J connectivity index is 2.19. The third kappa shape index (κ3) is 2.36. The van der Waals surface area contributed by atoms with Crippen LogP contribution in [-0.4, -0.2) is 36.5 Å². The molecule has 94 valence electrons. The number of hydrogen-bond acceptors (Lipinski definition) is 3. The summed E-state index contributed by atoms with van der Waals surface area (Å²) in [7, 11) is 1.93. The molecule has 1 saturated heterocycles. The van der Waals surface area contributed by atoms with Crippen molar-refractivity contribution in [3.8, 4) is 0 Å². The summed E-state index contributed by atoms with van der Waals surface area (Å²) in [6.45, 7) is 3.78. The Morgan fingerprint density at radius 2 is 2.41 bits per heavy atom. The summed E-state index contributed by atoms with van der Waals surface area (Å²) >= 11 is 0. The van der Waals surface area contributed by atoms with Crippen molar-refractivity contribution in [2.45, 2.75) is 31.7 Å². The zero-order valence-corrected chi connectivity index (χ0v) is 10.5. The number of hydrogen-bond donors (Lipinski definition) is 1. The second-order valence-corrected chi connectivity index (χ2v) is 4.92. The van der Waals surface area contributed by atoms with Crippen molar-refractivity contribution >= 4 is 5.91 Å². The van der Waals surface area contributed by atoms with Crippen molar-refractivity contribution in [3.63, 3.8) is 0 Å². The van der Waals surface area contributed by atoms with E-state index in [1.54, 1.807) is 18.4 Å². The number of amides is 1. The van der Waals surface area contributed by atoms with Crippen LogP contribution in [0.2, 0.25) is 0 Å². The van der Waals surface area contributed by atoms with E-state index in [1.165, 1.54) is 6.42 Å². The second kappa shape index (κ2) is 4.92. The van der Waals surface area contributed by atoms with Crippen LogP contribution in [0.15, 0.2) is 22.8 Å². The average molecular weight is 236 g/mol. The van der Waals surface area contributed by atoms with Crippen LogP contribution in [0.1, 0.15) is 36.7 Å². The quantitative estimate of drug-likeness (QED) is 0.871. The van der Waals surface area contributed by atoms with Crippen molar-refractivity contribution in [3.05, 3.63) is 24.2 Å². The molecule has 0 radical (unpaired) electrons. The smallest absolute Gasteiger partial charge is 0.290 e. The molecule has 2 rings (SSSR count). The lowest BCUT2D eigenvalue weighted by molar-refractivity contribution is 0.0352. The van der Waals surface area contributed by atoms with Gasteiger partial charge in [0.25, 0.3) is 5.91 Å². The van der Waals surface area contributed by atoms with Crippen molar-refractivity contribution in [1.29, 1.82) is 0 Å². The molecule has 0 aromatic carbocycles. The lowest BCUT2D eigenvalue weighted by atomic mass is 9.88. The maximum Gasteiger partial charge on any atom is 0.290 e. The van der Waals surface area contributed by atoms with Gasteiger partial charge in [0.1, 0.15) is 0 Å².